The van der Waals surface area contributed by atoms with Gasteiger partial charge >= 0.3 is 0 Å². The van der Waals surface area contributed by atoms with Crippen LogP contribution in [-0.4, -0.2) is 16.9 Å². The van der Waals surface area contributed by atoms with E-state index in [1.54, 1.807) is 0 Å². The van der Waals surface area contributed by atoms with Crippen LogP contribution in [0.1, 0.15) is 24.0 Å². The first-order valence-corrected chi connectivity index (χ1v) is 5.94. The van der Waals surface area contributed by atoms with Crippen molar-refractivity contribution < 1.29 is 0 Å². The van der Waals surface area contributed by atoms with Gasteiger partial charge in [0.15, 0.2) is 0 Å². The number of rotatable bonds is 5. The molecule has 1 aromatic rings. The van der Waals surface area contributed by atoms with Crippen LogP contribution in [0, 0.1) is 12.8 Å². The van der Waals surface area contributed by atoms with E-state index >= 15 is 0 Å². The fraction of sp³-hybridized carbons (Fsp3) is 0.583. The molecule has 1 aliphatic carbocycles. The van der Waals surface area contributed by atoms with Gasteiger partial charge in [-0.05, 0) is 36.8 Å². The molecule has 1 unspecified atom stereocenters. The largest absolute Gasteiger partial charge is 0.311 e. The van der Waals surface area contributed by atoms with E-state index < -0.39 is 0 Å². The predicted molar refractivity (Wildman–Crippen MR) is 63.0 cm³/mol. The molecule has 0 spiro atoms. The fourth-order valence-electron chi connectivity index (χ4n) is 1.69. The van der Waals surface area contributed by atoms with Crippen molar-refractivity contribution >= 4 is 11.6 Å². The standard InChI is InChI=1S/C12H17ClN2/c1-9-4-10(6-14-5-9)7-15-8-12(13)11-2-3-11/h4-6,11-12,15H,2-3,7-8H2,1H3. The first kappa shape index (κ1) is 10.9. The van der Waals surface area contributed by atoms with Crippen molar-refractivity contribution in [3.8, 4) is 0 Å². The predicted octanol–water partition coefficient (Wildman–Crippen LogP) is 2.50. The summed E-state index contributed by atoms with van der Waals surface area (Å²) in [6.45, 7) is 3.83. The summed E-state index contributed by atoms with van der Waals surface area (Å²) in [4.78, 5) is 4.16. The van der Waals surface area contributed by atoms with Crippen molar-refractivity contribution in [1.29, 1.82) is 0 Å². The Morgan fingerprint density at radius 1 is 1.53 bits per heavy atom. The third-order valence-electron chi connectivity index (χ3n) is 2.73. The Morgan fingerprint density at radius 3 is 3.00 bits per heavy atom. The summed E-state index contributed by atoms with van der Waals surface area (Å²) in [5, 5.41) is 3.69. The van der Waals surface area contributed by atoms with E-state index in [1.165, 1.54) is 24.0 Å². The molecule has 1 heterocycles. The lowest BCUT2D eigenvalue weighted by Crippen LogP contribution is -2.24. The summed E-state index contributed by atoms with van der Waals surface area (Å²) in [5.41, 5.74) is 2.44. The minimum Gasteiger partial charge on any atom is -0.311 e. The molecule has 3 heteroatoms. The Balaban J connectivity index is 1.73. The van der Waals surface area contributed by atoms with Gasteiger partial charge in [-0.3, -0.25) is 4.98 Å². The molecule has 15 heavy (non-hydrogen) atoms. The van der Waals surface area contributed by atoms with Crippen LogP contribution in [0.4, 0.5) is 0 Å². The van der Waals surface area contributed by atoms with E-state index in [0.29, 0.717) is 5.38 Å². The number of pyridine rings is 1. The molecule has 1 aromatic heterocycles. The van der Waals surface area contributed by atoms with Crippen LogP contribution >= 0.6 is 11.6 Å². The first-order valence-electron chi connectivity index (χ1n) is 5.51. The maximum absolute atomic E-state index is 6.20. The van der Waals surface area contributed by atoms with Crippen LogP contribution in [0.2, 0.25) is 0 Å². The molecule has 82 valence electrons. The molecule has 0 aliphatic heterocycles. The van der Waals surface area contributed by atoms with E-state index in [2.05, 4.69) is 23.3 Å². The lowest BCUT2D eigenvalue weighted by Gasteiger charge is -2.09. The number of aromatic nitrogens is 1. The molecule has 0 amide bonds. The van der Waals surface area contributed by atoms with Crippen molar-refractivity contribution in [1.82, 2.24) is 10.3 Å². The number of aryl methyl sites for hydroxylation is 1. The molecular formula is C12H17ClN2. The molecule has 1 aliphatic rings. The Labute approximate surface area is 96.1 Å². The van der Waals surface area contributed by atoms with Gasteiger partial charge in [-0.15, -0.1) is 11.6 Å². The monoisotopic (exact) mass is 224 g/mol. The highest BCUT2D eigenvalue weighted by atomic mass is 35.5. The summed E-state index contributed by atoms with van der Waals surface area (Å²) in [6, 6.07) is 2.15. The molecule has 1 atom stereocenters. The number of hydrogen-bond donors (Lipinski definition) is 1. The van der Waals surface area contributed by atoms with Gasteiger partial charge in [0.25, 0.3) is 0 Å². The van der Waals surface area contributed by atoms with Gasteiger partial charge in [-0.25, -0.2) is 0 Å². The van der Waals surface area contributed by atoms with Crippen molar-refractivity contribution in [3.05, 3.63) is 29.6 Å². The molecule has 0 aromatic carbocycles. The van der Waals surface area contributed by atoms with E-state index in [4.69, 9.17) is 11.6 Å². The van der Waals surface area contributed by atoms with Crippen molar-refractivity contribution in [2.24, 2.45) is 5.92 Å². The van der Waals surface area contributed by atoms with Crippen LogP contribution in [0.15, 0.2) is 18.5 Å². The maximum atomic E-state index is 6.20. The molecule has 0 bridgehead atoms. The minimum absolute atomic E-state index is 0.308. The highest BCUT2D eigenvalue weighted by Gasteiger charge is 2.28. The molecule has 2 nitrogen and oxygen atoms in total. The van der Waals surface area contributed by atoms with Gasteiger partial charge in [0.1, 0.15) is 0 Å². The second-order valence-corrected chi connectivity index (χ2v) is 4.92. The lowest BCUT2D eigenvalue weighted by molar-refractivity contribution is 0.619. The zero-order valence-electron chi connectivity index (χ0n) is 9.04. The zero-order valence-corrected chi connectivity index (χ0v) is 9.80. The molecular weight excluding hydrogens is 208 g/mol. The molecule has 0 radical (unpaired) electrons. The minimum atomic E-state index is 0.308. The van der Waals surface area contributed by atoms with E-state index in [9.17, 15) is 0 Å². The average molecular weight is 225 g/mol. The number of alkyl halides is 1. The quantitative estimate of drug-likeness (QED) is 0.778. The zero-order chi connectivity index (χ0) is 10.7. The highest BCUT2D eigenvalue weighted by molar-refractivity contribution is 6.21. The van der Waals surface area contributed by atoms with Crippen LogP contribution in [0.3, 0.4) is 0 Å². The van der Waals surface area contributed by atoms with E-state index in [1.807, 2.05) is 12.4 Å². The Hall–Kier alpha value is -0.600. The summed E-state index contributed by atoms with van der Waals surface area (Å²) >= 11 is 6.20. The second-order valence-electron chi connectivity index (χ2n) is 4.35. The number of hydrogen-bond acceptors (Lipinski definition) is 2. The number of halogens is 1. The second kappa shape index (κ2) is 4.95. The van der Waals surface area contributed by atoms with Crippen LogP contribution in [0.5, 0.6) is 0 Å². The van der Waals surface area contributed by atoms with E-state index in [0.717, 1.165) is 19.0 Å². The van der Waals surface area contributed by atoms with Gasteiger partial charge < -0.3 is 5.32 Å². The highest BCUT2D eigenvalue weighted by Crippen LogP contribution is 2.35. The molecule has 1 N–H and O–H groups in total. The summed E-state index contributed by atoms with van der Waals surface area (Å²) in [6.07, 6.45) is 6.39. The Morgan fingerprint density at radius 2 is 2.33 bits per heavy atom. The topological polar surface area (TPSA) is 24.9 Å². The fourth-order valence-corrected chi connectivity index (χ4v) is 2.05. The Bertz CT molecular complexity index is 323. The van der Waals surface area contributed by atoms with Crippen LogP contribution in [0.25, 0.3) is 0 Å². The number of nitrogens with zero attached hydrogens (tertiary/aromatic N) is 1. The maximum Gasteiger partial charge on any atom is 0.0488 e. The van der Waals surface area contributed by atoms with Crippen molar-refractivity contribution in [2.45, 2.75) is 31.7 Å². The summed E-state index contributed by atoms with van der Waals surface area (Å²) in [5.74, 6) is 0.759. The lowest BCUT2D eigenvalue weighted by atomic mass is 10.2. The Kier molecular flexibility index (Phi) is 3.60. The van der Waals surface area contributed by atoms with Crippen LogP contribution < -0.4 is 5.32 Å². The molecule has 1 saturated carbocycles. The summed E-state index contributed by atoms with van der Waals surface area (Å²) in [7, 11) is 0. The number of nitrogens with one attached hydrogen (secondary N) is 1. The third kappa shape index (κ3) is 3.47. The summed E-state index contributed by atoms with van der Waals surface area (Å²) < 4.78 is 0. The van der Waals surface area contributed by atoms with Crippen LogP contribution in [-0.2, 0) is 6.54 Å². The molecule has 0 saturated heterocycles. The molecule has 2 rings (SSSR count). The average Bonchev–Trinajstić information content (AvgIpc) is 3.00. The first-order chi connectivity index (χ1) is 7.25. The van der Waals surface area contributed by atoms with Gasteiger partial charge in [0.2, 0.25) is 0 Å². The van der Waals surface area contributed by atoms with E-state index in [-0.39, 0.29) is 0 Å². The van der Waals surface area contributed by atoms with Gasteiger partial charge in [-0.2, -0.15) is 0 Å². The van der Waals surface area contributed by atoms with Gasteiger partial charge in [0.05, 0.1) is 0 Å². The normalized spacial score (nSPS) is 17.7. The smallest absolute Gasteiger partial charge is 0.0488 e. The van der Waals surface area contributed by atoms with Gasteiger partial charge in [-0.1, -0.05) is 6.07 Å². The third-order valence-corrected chi connectivity index (χ3v) is 3.24. The molecule has 1 fully saturated rings. The van der Waals surface area contributed by atoms with Gasteiger partial charge in [0, 0.05) is 30.9 Å². The van der Waals surface area contributed by atoms with Crippen molar-refractivity contribution in [3.63, 3.8) is 0 Å². The SMILES string of the molecule is Cc1cncc(CNCC(Cl)C2CC2)c1. The van der Waals surface area contributed by atoms with Crippen molar-refractivity contribution in [2.75, 3.05) is 6.54 Å².